The number of rotatable bonds is 5. The zero-order valence-corrected chi connectivity index (χ0v) is 9.71. The number of anilines is 1. The van der Waals surface area contributed by atoms with E-state index in [1.807, 2.05) is 18.2 Å². The van der Waals surface area contributed by atoms with Gasteiger partial charge in [0, 0.05) is 11.9 Å². The molecule has 0 amide bonds. The van der Waals surface area contributed by atoms with Gasteiger partial charge in [0.15, 0.2) is 11.6 Å². The normalized spacial score (nSPS) is 10.3. The van der Waals surface area contributed by atoms with E-state index < -0.39 is 5.82 Å². The first-order valence-corrected chi connectivity index (χ1v) is 5.56. The Bertz CT molecular complexity index is 507. The lowest BCUT2D eigenvalue weighted by molar-refractivity contribution is 0.285. The van der Waals surface area contributed by atoms with Crippen LogP contribution in [0.5, 0.6) is 6.01 Å². The maximum atomic E-state index is 12.8. The third-order valence-electron chi connectivity index (χ3n) is 2.28. The number of halogens is 1. The van der Waals surface area contributed by atoms with Crippen LogP contribution in [0.15, 0.2) is 30.6 Å². The molecular formula is C12H13FN4O. The molecule has 5 nitrogen and oxygen atoms in total. The second kappa shape index (κ2) is 5.90. The summed E-state index contributed by atoms with van der Waals surface area (Å²) in [5.74, 6) is -0.847. The van der Waals surface area contributed by atoms with Gasteiger partial charge in [0.1, 0.15) is 0 Å². The van der Waals surface area contributed by atoms with Gasteiger partial charge in [-0.05, 0) is 25.0 Å². The number of nitrogens with two attached hydrogens (primary N) is 1. The fraction of sp³-hybridized carbons (Fsp3) is 0.250. The summed E-state index contributed by atoms with van der Waals surface area (Å²) in [5, 5.41) is 0. The first-order valence-electron chi connectivity index (χ1n) is 5.56. The van der Waals surface area contributed by atoms with Crippen molar-refractivity contribution in [1.29, 1.82) is 0 Å². The van der Waals surface area contributed by atoms with Crippen LogP contribution >= 0.6 is 0 Å². The molecule has 2 aromatic heterocycles. The van der Waals surface area contributed by atoms with Crippen molar-refractivity contribution in [1.82, 2.24) is 15.0 Å². The molecular weight excluding hydrogens is 235 g/mol. The molecule has 0 aromatic carbocycles. The van der Waals surface area contributed by atoms with Crippen molar-refractivity contribution in [3.63, 3.8) is 0 Å². The third kappa shape index (κ3) is 3.38. The smallest absolute Gasteiger partial charge is 0.318 e. The van der Waals surface area contributed by atoms with Crippen LogP contribution in [-0.2, 0) is 6.42 Å². The summed E-state index contributed by atoms with van der Waals surface area (Å²) in [6, 6.07) is 5.85. The van der Waals surface area contributed by atoms with Gasteiger partial charge < -0.3 is 10.5 Å². The van der Waals surface area contributed by atoms with Gasteiger partial charge in [0.2, 0.25) is 0 Å². The van der Waals surface area contributed by atoms with Gasteiger partial charge in [-0.3, -0.25) is 4.98 Å². The van der Waals surface area contributed by atoms with Gasteiger partial charge in [-0.2, -0.15) is 4.98 Å². The van der Waals surface area contributed by atoms with Crippen molar-refractivity contribution in [2.75, 3.05) is 12.3 Å². The lowest BCUT2D eigenvalue weighted by Gasteiger charge is -2.04. The van der Waals surface area contributed by atoms with Gasteiger partial charge in [-0.15, -0.1) is 0 Å². The number of pyridine rings is 1. The molecule has 0 fully saturated rings. The number of hydrogen-bond donors (Lipinski definition) is 1. The zero-order valence-electron chi connectivity index (χ0n) is 9.71. The van der Waals surface area contributed by atoms with E-state index >= 15 is 0 Å². The van der Waals surface area contributed by atoms with Crippen molar-refractivity contribution < 1.29 is 9.13 Å². The van der Waals surface area contributed by atoms with E-state index in [2.05, 4.69) is 15.0 Å². The summed E-state index contributed by atoms with van der Waals surface area (Å²) >= 11 is 0. The van der Waals surface area contributed by atoms with Crippen LogP contribution in [0, 0.1) is 5.82 Å². The van der Waals surface area contributed by atoms with Gasteiger partial charge in [-0.25, -0.2) is 9.37 Å². The molecule has 0 saturated carbocycles. The summed E-state index contributed by atoms with van der Waals surface area (Å²) in [5.41, 5.74) is 6.30. The molecule has 0 atom stereocenters. The topological polar surface area (TPSA) is 73.9 Å². The predicted molar refractivity (Wildman–Crippen MR) is 64.5 cm³/mol. The van der Waals surface area contributed by atoms with Crippen LogP contribution in [0.1, 0.15) is 12.1 Å². The highest BCUT2D eigenvalue weighted by Gasteiger charge is 2.03. The van der Waals surface area contributed by atoms with Crippen molar-refractivity contribution in [2.45, 2.75) is 12.8 Å². The van der Waals surface area contributed by atoms with Crippen LogP contribution < -0.4 is 10.5 Å². The largest absolute Gasteiger partial charge is 0.463 e. The maximum absolute atomic E-state index is 12.8. The summed E-state index contributed by atoms with van der Waals surface area (Å²) in [7, 11) is 0. The van der Waals surface area contributed by atoms with E-state index in [-0.39, 0.29) is 11.8 Å². The van der Waals surface area contributed by atoms with E-state index in [0.717, 1.165) is 24.7 Å². The molecule has 0 spiro atoms. The Labute approximate surface area is 104 Å². The second-order valence-electron chi connectivity index (χ2n) is 3.66. The number of hydrogen-bond acceptors (Lipinski definition) is 5. The van der Waals surface area contributed by atoms with Gasteiger partial charge in [0.05, 0.1) is 12.8 Å². The van der Waals surface area contributed by atoms with Crippen LogP contribution in [-0.4, -0.2) is 21.6 Å². The van der Waals surface area contributed by atoms with Crippen molar-refractivity contribution in [3.8, 4) is 6.01 Å². The minimum absolute atomic E-state index is 0.0925. The van der Waals surface area contributed by atoms with Crippen molar-refractivity contribution >= 4 is 5.82 Å². The highest BCUT2D eigenvalue weighted by molar-refractivity contribution is 5.28. The first kappa shape index (κ1) is 12.2. The summed E-state index contributed by atoms with van der Waals surface area (Å²) in [4.78, 5) is 11.5. The maximum Gasteiger partial charge on any atom is 0.318 e. The Balaban J connectivity index is 1.77. The third-order valence-corrected chi connectivity index (χ3v) is 2.28. The lowest BCUT2D eigenvalue weighted by Crippen LogP contribution is -2.05. The molecule has 0 aliphatic rings. The average molecular weight is 248 g/mol. The molecule has 94 valence electrons. The van der Waals surface area contributed by atoms with Gasteiger partial charge in [-0.1, -0.05) is 6.07 Å². The van der Waals surface area contributed by atoms with Crippen LogP contribution in [0.2, 0.25) is 0 Å². The standard InChI is InChI=1S/C12H13FN4O/c13-10-8-16-12(17-11(10)14)18-7-3-5-9-4-1-2-6-15-9/h1-2,4,6,8H,3,5,7H2,(H2,14,16,17). The van der Waals surface area contributed by atoms with Gasteiger partial charge in [0.25, 0.3) is 0 Å². The molecule has 2 heterocycles. The number of nitrogen functional groups attached to an aromatic ring is 1. The molecule has 18 heavy (non-hydrogen) atoms. The molecule has 0 unspecified atom stereocenters. The molecule has 0 aliphatic heterocycles. The quantitative estimate of drug-likeness (QED) is 0.813. The van der Waals surface area contributed by atoms with E-state index in [0.29, 0.717) is 6.61 Å². The van der Waals surface area contributed by atoms with Crippen LogP contribution in [0.3, 0.4) is 0 Å². The summed E-state index contributed by atoms with van der Waals surface area (Å²) < 4.78 is 18.1. The molecule has 0 bridgehead atoms. The number of nitrogens with zero attached hydrogens (tertiary/aromatic N) is 3. The first-order chi connectivity index (χ1) is 8.75. The number of ether oxygens (including phenoxy) is 1. The molecule has 0 radical (unpaired) electrons. The fourth-order valence-corrected chi connectivity index (χ4v) is 1.40. The minimum atomic E-state index is -0.643. The van der Waals surface area contributed by atoms with E-state index in [4.69, 9.17) is 10.5 Å². The molecule has 0 saturated heterocycles. The van der Waals surface area contributed by atoms with Crippen molar-refractivity contribution in [3.05, 3.63) is 42.1 Å². The van der Waals surface area contributed by atoms with Crippen LogP contribution in [0.4, 0.5) is 10.2 Å². The molecule has 0 aliphatic carbocycles. The lowest BCUT2D eigenvalue weighted by atomic mass is 10.2. The second-order valence-corrected chi connectivity index (χ2v) is 3.66. The Hall–Kier alpha value is -2.24. The van der Waals surface area contributed by atoms with E-state index in [1.165, 1.54) is 0 Å². The molecule has 6 heteroatoms. The number of aromatic nitrogens is 3. The van der Waals surface area contributed by atoms with Crippen molar-refractivity contribution in [2.24, 2.45) is 0 Å². The fourth-order valence-electron chi connectivity index (χ4n) is 1.40. The molecule has 2 N–H and O–H groups in total. The Morgan fingerprint density at radius 3 is 2.89 bits per heavy atom. The SMILES string of the molecule is Nc1nc(OCCCc2ccccn2)ncc1F. The summed E-state index contributed by atoms with van der Waals surface area (Å²) in [6.45, 7) is 0.432. The predicted octanol–water partition coefficient (Wildman–Crippen LogP) is 1.60. The highest BCUT2D eigenvalue weighted by atomic mass is 19.1. The van der Waals surface area contributed by atoms with E-state index in [1.54, 1.807) is 6.20 Å². The minimum Gasteiger partial charge on any atom is -0.463 e. The highest BCUT2D eigenvalue weighted by Crippen LogP contribution is 2.09. The molecule has 2 rings (SSSR count). The Morgan fingerprint density at radius 1 is 1.28 bits per heavy atom. The Kier molecular flexibility index (Phi) is 4.01. The van der Waals surface area contributed by atoms with Crippen LogP contribution in [0.25, 0.3) is 0 Å². The number of aryl methyl sites for hydroxylation is 1. The molecule has 2 aromatic rings. The monoisotopic (exact) mass is 248 g/mol. The summed E-state index contributed by atoms with van der Waals surface area (Å²) in [6.07, 6.45) is 4.32. The Morgan fingerprint density at radius 2 is 2.17 bits per heavy atom. The zero-order chi connectivity index (χ0) is 12.8. The van der Waals surface area contributed by atoms with Gasteiger partial charge >= 0.3 is 6.01 Å². The van der Waals surface area contributed by atoms with E-state index in [9.17, 15) is 4.39 Å². The average Bonchev–Trinajstić information content (AvgIpc) is 2.40.